The first-order valence-corrected chi connectivity index (χ1v) is 6.58. The van der Waals surface area contributed by atoms with Gasteiger partial charge in [0, 0.05) is 37.6 Å². The van der Waals surface area contributed by atoms with Crippen LogP contribution in [-0.2, 0) is 4.79 Å². The van der Waals surface area contributed by atoms with Crippen LogP contribution in [0.25, 0.3) is 0 Å². The molecule has 2 amide bonds. The molecule has 0 aromatic heterocycles. The van der Waals surface area contributed by atoms with E-state index in [-0.39, 0.29) is 17.9 Å². The zero-order chi connectivity index (χ0) is 14.9. The fraction of sp³-hybridized carbons (Fsp3) is 0.429. The number of amides is 2. The number of benzene rings is 1. The van der Waals surface area contributed by atoms with Gasteiger partial charge in [-0.2, -0.15) is 0 Å². The Morgan fingerprint density at radius 1 is 1.20 bits per heavy atom. The van der Waals surface area contributed by atoms with Crippen LogP contribution in [-0.4, -0.2) is 48.3 Å². The van der Waals surface area contributed by atoms with Gasteiger partial charge in [0.2, 0.25) is 5.91 Å². The SMILES string of the molecule is CN(C)C(=O)C1CCCN1C(=O)c1cc(N)cc(N)c1. The minimum Gasteiger partial charge on any atom is -0.399 e. The molecule has 1 heterocycles. The summed E-state index contributed by atoms with van der Waals surface area (Å²) in [5, 5.41) is 0. The third kappa shape index (κ3) is 2.68. The Bertz CT molecular complexity index is 522. The van der Waals surface area contributed by atoms with Gasteiger partial charge in [0.1, 0.15) is 6.04 Å². The second kappa shape index (κ2) is 5.40. The number of nitrogens with zero attached hydrogens (tertiary/aromatic N) is 2. The summed E-state index contributed by atoms with van der Waals surface area (Å²) in [4.78, 5) is 27.8. The van der Waals surface area contributed by atoms with E-state index in [0.29, 0.717) is 29.9 Å². The molecule has 4 N–H and O–H groups in total. The second-order valence-corrected chi connectivity index (χ2v) is 5.28. The monoisotopic (exact) mass is 276 g/mol. The fourth-order valence-electron chi connectivity index (χ4n) is 2.53. The number of carbonyl (C=O) groups excluding carboxylic acids is 2. The number of hydrogen-bond donors (Lipinski definition) is 2. The second-order valence-electron chi connectivity index (χ2n) is 5.28. The molecule has 20 heavy (non-hydrogen) atoms. The summed E-state index contributed by atoms with van der Waals surface area (Å²) >= 11 is 0. The van der Waals surface area contributed by atoms with Crippen molar-refractivity contribution in [3.63, 3.8) is 0 Å². The number of likely N-dealkylation sites (N-methyl/N-ethyl adjacent to an activating group) is 1. The van der Waals surface area contributed by atoms with Gasteiger partial charge in [-0.3, -0.25) is 9.59 Å². The normalized spacial score (nSPS) is 18.1. The van der Waals surface area contributed by atoms with Gasteiger partial charge in [-0.15, -0.1) is 0 Å². The Labute approximate surface area is 118 Å². The molecule has 1 atom stereocenters. The van der Waals surface area contributed by atoms with Crippen molar-refractivity contribution in [3.05, 3.63) is 23.8 Å². The van der Waals surface area contributed by atoms with Gasteiger partial charge in [0.15, 0.2) is 0 Å². The lowest BCUT2D eigenvalue weighted by Gasteiger charge is -2.26. The quantitative estimate of drug-likeness (QED) is 0.771. The first-order chi connectivity index (χ1) is 9.40. The number of nitrogens with two attached hydrogens (primary N) is 2. The maximum atomic E-state index is 12.5. The van der Waals surface area contributed by atoms with Gasteiger partial charge in [-0.05, 0) is 31.0 Å². The van der Waals surface area contributed by atoms with Crippen molar-refractivity contribution in [1.82, 2.24) is 9.80 Å². The van der Waals surface area contributed by atoms with E-state index in [2.05, 4.69) is 0 Å². The van der Waals surface area contributed by atoms with E-state index in [1.165, 1.54) is 4.90 Å². The highest BCUT2D eigenvalue weighted by Crippen LogP contribution is 2.23. The van der Waals surface area contributed by atoms with Crippen molar-refractivity contribution in [2.75, 3.05) is 32.1 Å². The molecule has 1 aromatic carbocycles. The molecular formula is C14H20N4O2. The molecule has 0 saturated carbocycles. The molecule has 6 heteroatoms. The zero-order valence-electron chi connectivity index (χ0n) is 11.8. The molecule has 0 aliphatic carbocycles. The molecule has 1 aliphatic rings. The molecule has 1 aliphatic heterocycles. The molecule has 2 rings (SSSR count). The summed E-state index contributed by atoms with van der Waals surface area (Å²) in [5.74, 6) is -0.241. The highest BCUT2D eigenvalue weighted by molar-refractivity contribution is 5.99. The molecule has 108 valence electrons. The molecule has 1 fully saturated rings. The van der Waals surface area contributed by atoms with Crippen molar-refractivity contribution in [2.45, 2.75) is 18.9 Å². The van der Waals surface area contributed by atoms with Gasteiger partial charge in [0.05, 0.1) is 0 Å². The molecule has 0 spiro atoms. The van der Waals surface area contributed by atoms with E-state index >= 15 is 0 Å². The first kappa shape index (κ1) is 14.2. The highest BCUT2D eigenvalue weighted by Gasteiger charge is 2.35. The zero-order valence-corrected chi connectivity index (χ0v) is 11.8. The summed E-state index contributed by atoms with van der Waals surface area (Å²) in [6, 6.07) is 4.39. The Morgan fingerprint density at radius 2 is 1.80 bits per heavy atom. The van der Waals surface area contributed by atoms with Crippen LogP contribution in [0, 0.1) is 0 Å². The van der Waals surface area contributed by atoms with Crippen LogP contribution in [0.3, 0.4) is 0 Å². The number of nitrogen functional groups attached to an aromatic ring is 2. The number of carbonyl (C=O) groups is 2. The van der Waals surface area contributed by atoms with Crippen LogP contribution in [0.5, 0.6) is 0 Å². The topological polar surface area (TPSA) is 92.7 Å². The van der Waals surface area contributed by atoms with Crippen LogP contribution >= 0.6 is 0 Å². The van der Waals surface area contributed by atoms with Gasteiger partial charge in [-0.1, -0.05) is 0 Å². The van der Waals surface area contributed by atoms with Crippen LogP contribution in [0.2, 0.25) is 0 Å². The maximum absolute atomic E-state index is 12.5. The van der Waals surface area contributed by atoms with E-state index in [0.717, 1.165) is 6.42 Å². The Balaban J connectivity index is 2.25. The van der Waals surface area contributed by atoms with Crippen LogP contribution in [0.4, 0.5) is 11.4 Å². The molecule has 0 radical (unpaired) electrons. The van der Waals surface area contributed by atoms with Gasteiger partial charge >= 0.3 is 0 Å². The predicted molar refractivity (Wildman–Crippen MR) is 78.0 cm³/mol. The summed E-state index contributed by atoms with van der Waals surface area (Å²) in [5.41, 5.74) is 12.8. The lowest BCUT2D eigenvalue weighted by Crippen LogP contribution is -2.45. The van der Waals surface area contributed by atoms with Crippen molar-refractivity contribution in [3.8, 4) is 0 Å². The Morgan fingerprint density at radius 3 is 2.35 bits per heavy atom. The number of rotatable bonds is 2. The van der Waals surface area contributed by atoms with E-state index in [4.69, 9.17) is 11.5 Å². The smallest absolute Gasteiger partial charge is 0.254 e. The van der Waals surface area contributed by atoms with Crippen LogP contribution in [0.15, 0.2) is 18.2 Å². The minimum atomic E-state index is -0.389. The largest absolute Gasteiger partial charge is 0.399 e. The average Bonchev–Trinajstić information content (AvgIpc) is 2.84. The highest BCUT2D eigenvalue weighted by atomic mass is 16.2. The number of hydrogen-bond acceptors (Lipinski definition) is 4. The molecule has 6 nitrogen and oxygen atoms in total. The summed E-state index contributed by atoms with van der Waals surface area (Å²) in [6.45, 7) is 0.581. The Hall–Kier alpha value is -2.24. The fourth-order valence-corrected chi connectivity index (χ4v) is 2.53. The van der Waals surface area contributed by atoms with Crippen molar-refractivity contribution >= 4 is 23.2 Å². The van der Waals surface area contributed by atoms with E-state index in [9.17, 15) is 9.59 Å². The lowest BCUT2D eigenvalue weighted by molar-refractivity contribution is -0.132. The lowest BCUT2D eigenvalue weighted by atomic mass is 10.1. The van der Waals surface area contributed by atoms with Gasteiger partial charge < -0.3 is 21.3 Å². The van der Waals surface area contributed by atoms with E-state index in [1.54, 1.807) is 37.2 Å². The molecule has 1 unspecified atom stereocenters. The van der Waals surface area contributed by atoms with Gasteiger partial charge in [-0.25, -0.2) is 0 Å². The van der Waals surface area contributed by atoms with E-state index in [1.807, 2.05) is 0 Å². The standard InChI is InChI=1S/C14H20N4O2/c1-17(2)14(20)12-4-3-5-18(12)13(19)9-6-10(15)8-11(16)7-9/h6-8,12H,3-5,15-16H2,1-2H3. The van der Waals surface area contributed by atoms with Crippen molar-refractivity contribution < 1.29 is 9.59 Å². The first-order valence-electron chi connectivity index (χ1n) is 6.58. The Kier molecular flexibility index (Phi) is 3.83. The van der Waals surface area contributed by atoms with Gasteiger partial charge in [0.25, 0.3) is 5.91 Å². The number of likely N-dealkylation sites (tertiary alicyclic amines) is 1. The summed E-state index contributed by atoms with van der Waals surface area (Å²) < 4.78 is 0. The van der Waals surface area contributed by atoms with Crippen molar-refractivity contribution in [2.24, 2.45) is 0 Å². The molecule has 1 aromatic rings. The summed E-state index contributed by atoms with van der Waals surface area (Å²) in [6.07, 6.45) is 1.52. The number of anilines is 2. The average molecular weight is 276 g/mol. The minimum absolute atomic E-state index is 0.0484. The van der Waals surface area contributed by atoms with E-state index < -0.39 is 0 Å². The molecule has 1 saturated heterocycles. The maximum Gasteiger partial charge on any atom is 0.254 e. The third-order valence-electron chi connectivity index (χ3n) is 3.46. The van der Waals surface area contributed by atoms with Crippen molar-refractivity contribution in [1.29, 1.82) is 0 Å². The third-order valence-corrected chi connectivity index (χ3v) is 3.46. The predicted octanol–water partition coefficient (Wildman–Crippen LogP) is 0.544. The van der Waals surface area contributed by atoms with Crippen LogP contribution < -0.4 is 11.5 Å². The molecular weight excluding hydrogens is 256 g/mol. The summed E-state index contributed by atoms with van der Waals surface area (Å²) in [7, 11) is 3.39. The molecule has 0 bridgehead atoms. The van der Waals surface area contributed by atoms with Crippen LogP contribution in [0.1, 0.15) is 23.2 Å².